The van der Waals surface area contributed by atoms with Gasteiger partial charge in [-0.15, -0.1) is 0 Å². The van der Waals surface area contributed by atoms with E-state index in [1.165, 1.54) is 0 Å². The average molecular weight is 406 g/mol. The molecular weight excluding hydrogens is 378 g/mol. The van der Waals surface area contributed by atoms with Crippen LogP contribution in [0.25, 0.3) is 11.5 Å². The molecule has 2 N–H and O–H groups in total. The van der Waals surface area contributed by atoms with Gasteiger partial charge >= 0.3 is 0 Å². The summed E-state index contributed by atoms with van der Waals surface area (Å²) in [6.45, 7) is 3.80. The Morgan fingerprint density at radius 1 is 1.07 bits per heavy atom. The first-order valence-electron chi connectivity index (χ1n) is 9.95. The fourth-order valence-corrected chi connectivity index (χ4v) is 2.95. The minimum Gasteiger partial charge on any atom is -0.444 e. The van der Waals surface area contributed by atoms with Gasteiger partial charge in [-0.25, -0.2) is 4.98 Å². The van der Waals surface area contributed by atoms with Gasteiger partial charge in [0.2, 0.25) is 11.8 Å². The molecule has 0 unspecified atom stereocenters. The van der Waals surface area contributed by atoms with Gasteiger partial charge in [-0.2, -0.15) is 0 Å². The molecule has 0 bridgehead atoms. The van der Waals surface area contributed by atoms with Gasteiger partial charge in [-0.1, -0.05) is 48.5 Å². The average Bonchev–Trinajstić information content (AvgIpc) is 3.28. The summed E-state index contributed by atoms with van der Waals surface area (Å²) in [5, 5.41) is 6.23. The maximum atomic E-state index is 12.6. The lowest BCUT2D eigenvalue weighted by Crippen LogP contribution is -2.44. The van der Waals surface area contributed by atoms with E-state index in [4.69, 9.17) is 4.42 Å². The number of hydrogen-bond donors (Lipinski definition) is 2. The second-order valence-corrected chi connectivity index (χ2v) is 6.68. The summed E-state index contributed by atoms with van der Waals surface area (Å²) < 4.78 is 5.55. The van der Waals surface area contributed by atoms with Gasteiger partial charge in [0.05, 0.1) is 18.8 Å². The maximum Gasteiger partial charge on any atom is 0.242 e. The van der Waals surface area contributed by atoms with Crippen molar-refractivity contribution >= 4 is 11.9 Å². The van der Waals surface area contributed by atoms with Gasteiger partial charge in [-0.3, -0.25) is 9.79 Å². The monoisotopic (exact) mass is 405 g/mol. The lowest BCUT2D eigenvalue weighted by Gasteiger charge is -2.22. The summed E-state index contributed by atoms with van der Waals surface area (Å²) in [5.41, 5.74) is 2.78. The van der Waals surface area contributed by atoms with E-state index in [0.29, 0.717) is 31.5 Å². The Labute approximate surface area is 176 Å². The predicted octanol–water partition coefficient (Wildman–Crippen LogP) is 3.06. The van der Waals surface area contributed by atoms with Crippen LogP contribution in [0.3, 0.4) is 0 Å². The molecule has 7 heteroatoms. The summed E-state index contributed by atoms with van der Waals surface area (Å²) in [6.07, 6.45) is 1.62. The van der Waals surface area contributed by atoms with Crippen LogP contribution in [0.15, 0.2) is 76.3 Å². The third kappa shape index (κ3) is 5.94. The molecule has 7 nitrogen and oxygen atoms in total. The molecule has 1 aromatic heterocycles. The molecule has 30 heavy (non-hydrogen) atoms. The third-order valence-electron chi connectivity index (χ3n) is 4.59. The molecule has 156 valence electrons. The Balaban J connectivity index is 1.48. The lowest BCUT2D eigenvalue weighted by atomic mass is 10.2. The van der Waals surface area contributed by atoms with Crippen LogP contribution >= 0.6 is 0 Å². The standard InChI is InChI=1S/C23H27N5O2/c1-3-28(16-18-10-6-4-7-11-18)21(29)15-26-23(24-2)25-14-20-17-30-22(27-20)19-12-8-5-9-13-19/h4-13,17H,3,14-16H2,1-2H3,(H2,24,25,26). The minimum absolute atomic E-state index is 0.0112. The van der Waals surface area contributed by atoms with E-state index in [9.17, 15) is 4.79 Å². The van der Waals surface area contributed by atoms with E-state index in [-0.39, 0.29) is 12.5 Å². The van der Waals surface area contributed by atoms with E-state index in [2.05, 4.69) is 20.6 Å². The van der Waals surface area contributed by atoms with E-state index in [1.807, 2.05) is 67.6 Å². The molecule has 0 atom stereocenters. The van der Waals surface area contributed by atoms with E-state index >= 15 is 0 Å². The minimum atomic E-state index is 0.0112. The van der Waals surface area contributed by atoms with Crippen molar-refractivity contribution in [2.24, 2.45) is 4.99 Å². The van der Waals surface area contributed by atoms with Crippen molar-refractivity contribution in [3.05, 3.63) is 78.2 Å². The van der Waals surface area contributed by atoms with Crippen LogP contribution in [0.1, 0.15) is 18.2 Å². The highest BCUT2D eigenvalue weighted by molar-refractivity contribution is 5.86. The van der Waals surface area contributed by atoms with Crippen molar-refractivity contribution in [3.8, 4) is 11.5 Å². The van der Waals surface area contributed by atoms with Crippen LogP contribution < -0.4 is 10.6 Å². The molecule has 0 saturated heterocycles. The Morgan fingerprint density at radius 3 is 2.43 bits per heavy atom. The van der Waals surface area contributed by atoms with Gasteiger partial charge in [0, 0.05) is 25.7 Å². The van der Waals surface area contributed by atoms with Gasteiger partial charge in [0.1, 0.15) is 6.26 Å². The van der Waals surface area contributed by atoms with Crippen LogP contribution in [0.2, 0.25) is 0 Å². The van der Waals surface area contributed by atoms with Gasteiger partial charge in [-0.05, 0) is 24.6 Å². The van der Waals surface area contributed by atoms with Gasteiger partial charge in [0.15, 0.2) is 5.96 Å². The lowest BCUT2D eigenvalue weighted by molar-refractivity contribution is -0.130. The molecule has 0 aliphatic heterocycles. The fourth-order valence-electron chi connectivity index (χ4n) is 2.95. The number of rotatable bonds is 8. The molecule has 1 amide bonds. The van der Waals surface area contributed by atoms with Gasteiger partial charge < -0.3 is 20.0 Å². The summed E-state index contributed by atoms with van der Waals surface area (Å²) in [4.78, 5) is 23.0. The third-order valence-corrected chi connectivity index (χ3v) is 4.59. The van der Waals surface area contributed by atoms with Crippen LogP contribution in [0, 0.1) is 0 Å². The molecule has 3 rings (SSSR count). The van der Waals surface area contributed by atoms with Crippen LogP contribution in [-0.4, -0.2) is 41.9 Å². The number of carbonyl (C=O) groups excluding carboxylic acids is 1. The number of nitrogens with one attached hydrogen (secondary N) is 2. The first-order valence-corrected chi connectivity index (χ1v) is 9.95. The molecule has 0 aliphatic rings. The fraction of sp³-hybridized carbons (Fsp3) is 0.261. The number of carbonyl (C=O) groups is 1. The zero-order valence-electron chi connectivity index (χ0n) is 17.3. The molecule has 1 heterocycles. The van der Waals surface area contributed by atoms with Crippen LogP contribution in [0.5, 0.6) is 0 Å². The van der Waals surface area contributed by atoms with Crippen molar-refractivity contribution in [2.45, 2.75) is 20.0 Å². The summed E-state index contributed by atoms with van der Waals surface area (Å²) in [5.74, 6) is 1.12. The first kappa shape index (κ1) is 21.1. The Bertz CT molecular complexity index is 954. The normalized spacial score (nSPS) is 11.2. The van der Waals surface area contributed by atoms with Crippen molar-refractivity contribution in [2.75, 3.05) is 20.1 Å². The zero-order chi connectivity index (χ0) is 21.2. The second-order valence-electron chi connectivity index (χ2n) is 6.68. The molecule has 0 radical (unpaired) electrons. The molecule has 3 aromatic rings. The molecule has 0 spiro atoms. The highest BCUT2D eigenvalue weighted by Crippen LogP contribution is 2.17. The Hall–Kier alpha value is -3.61. The maximum absolute atomic E-state index is 12.6. The number of benzene rings is 2. The number of oxazole rings is 1. The summed E-state index contributed by atoms with van der Waals surface area (Å²) >= 11 is 0. The second kappa shape index (κ2) is 10.8. The molecule has 0 saturated carbocycles. The first-order chi connectivity index (χ1) is 14.7. The van der Waals surface area contributed by atoms with Crippen molar-refractivity contribution in [3.63, 3.8) is 0 Å². The van der Waals surface area contributed by atoms with Gasteiger partial charge in [0.25, 0.3) is 0 Å². The quantitative estimate of drug-likeness (QED) is 0.445. The number of nitrogens with zero attached hydrogens (tertiary/aromatic N) is 3. The molecule has 0 fully saturated rings. The summed E-state index contributed by atoms with van der Waals surface area (Å²) in [6, 6.07) is 19.7. The largest absolute Gasteiger partial charge is 0.444 e. The molecule has 0 aliphatic carbocycles. The number of guanidine groups is 1. The van der Waals surface area contributed by atoms with Crippen molar-refractivity contribution in [1.29, 1.82) is 0 Å². The molecular formula is C23H27N5O2. The number of likely N-dealkylation sites (N-methyl/N-ethyl adjacent to an activating group) is 1. The Morgan fingerprint density at radius 2 is 1.77 bits per heavy atom. The molecule has 2 aromatic carbocycles. The smallest absolute Gasteiger partial charge is 0.242 e. The van der Waals surface area contributed by atoms with E-state index in [1.54, 1.807) is 18.2 Å². The number of aliphatic imine (C=N–C) groups is 1. The number of aromatic nitrogens is 1. The predicted molar refractivity (Wildman–Crippen MR) is 118 cm³/mol. The van der Waals surface area contributed by atoms with Crippen LogP contribution in [-0.2, 0) is 17.9 Å². The van der Waals surface area contributed by atoms with E-state index < -0.39 is 0 Å². The summed E-state index contributed by atoms with van der Waals surface area (Å²) in [7, 11) is 1.67. The van der Waals surface area contributed by atoms with Crippen molar-refractivity contribution < 1.29 is 9.21 Å². The Kier molecular flexibility index (Phi) is 7.60. The van der Waals surface area contributed by atoms with Crippen molar-refractivity contribution in [1.82, 2.24) is 20.5 Å². The number of hydrogen-bond acceptors (Lipinski definition) is 4. The van der Waals surface area contributed by atoms with Crippen LogP contribution in [0.4, 0.5) is 0 Å². The number of amides is 1. The highest BCUT2D eigenvalue weighted by atomic mass is 16.3. The topological polar surface area (TPSA) is 82.8 Å². The highest BCUT2D eigenvalue weighted by Gasteiger charge is 2.13. The zero-order valence-corrected chi connectivity index (χ0v) is 17.3. The SMILES string of the molecule is CCN(Cc1ccccc1)C(=O)CNC(=NC)NCc1coc(-c2ccccc2)n1. The van der Waals surface area contributed by atoms with E-state index in [0.717, 1.165) is 16.8 Å².